The van der Waals surface area contributed by atoms with Crippen LogP contribution in [0.15, 0.2) is 30.3 Å². The quantitative estimate of drug-likeness (QED) is 0.696. The molecule has 0 unspecified atom stereocenters. The zero-order valence-electron chi connectivity index (χ0n) is 17.9. The van der Waals surface area contributed by atoms with Crippen LogP contribution in [0.3, 0.4) is 0 Å². The van der Waals surface area contributed by atoms with E-state index >= 15 is 0 Å². The fraction of sp³-hybridized carbons (Fsp3) is 0.417. The molecule has 0 aliphatic carbocycles. The van der Waals surface area contributed by atoms with Crippen LogP contribution in [0.5, 0.6) is 0 Å². The van der Waals surface area contributed by atoms with Gasteiger partial charge in [0, 0.05) is 31.0 Å². The van der Waals surface area contributed by atoms with E-state index in [1.54, 1.807) is 30.0 Å². The van der Waals surface area contributed by atoms with Crippen LogP contribution in [-0.2, 0) is 16.0 Å². The van der Waals surface area contributed by atoms with Gasteiger partial charge in [-0.05, 0) is 55.6 Å². The number of amides is 2. The highest BCUT2D eigenvalue weighted by atomic mass is 19.1. The van der Waals surface area contributed by atoms with E-state index in [0.717, 1.165) is 11.3 Å². The zero-order valence-corrected chi connectivity index (χ0v) is 17.9. The first-order valence-electron chi connectivity index (χ1n) is 11.0. The Hall–Kier alpha value is -3.00. The highest BCUT2D eigenvalue weighted by molar-refractivity contribution is 5.99. The van der Waals surface area contributed by atoms with Crippen molar-refractivity contribution in [1.29, 1.82) is 0 Å². The highest BCUT2D eigenvalue weighted by Crippen LogP contribution is 2.44. The van der Waals surface area contributed by atoms with Crippen molar-refractivity contribution in [2.75, 3.05) is 36.0 Å². The number of nitrogens with zero attached hydrogens (tertiary/aromatic N) is 2. The predicted molar refractivity (Wildman–Crippen MR) is 116 cm³/mol. The molecule has 0 spiro atoms. The van der Waals surface area contributed by atoms with E-state index < -0.39 is 6.09 Å². The summed E-state index contributed by atoms with van der Waals surface area (Å²) in [6, 6.07) is 7.98. The molecule has 0 radical (unpaired) electrons. The van der Waals surface area contributed by atoms with Crippen molar-refractivity contribution >= 4 is 23.4 Å². The van der Waals surface area contributed by atoms with Crippen LogP contribution in [0.25, 0.3) is 0 Å². The molecule has 1 fully saturated rings. The van der Waals surface area contributed by atoms with Gasteiger partial charge in [-0.25, -0.2) is 13.6 Å². The van der Waals surface area contributed by atoms with E-state index in [-0.39, 0.29) is 29.6 Å². The number of aryl methyl sites for hydroxylation is 2. The summed E-state index contributed by atoms with van der Waals surface area (Å²) >= 11 is 0. The molecule has 2 amide bonds. The van der Waals surface area contributed by atoms with Crippen molar-refractivity contribution in [3.8, 4) is 0 Å². The van der Waals surface area contributed by atoms with Crippen molar-refractivity contribution in [2.24, 2.45) is 0 Å². The van der Waals surface area contributed by atoms with Gasteiger partial charge in [-0.1, -0.05) is 12.1 Å². The van der Waals surface area contributed by atoms with E-state index in [2.05, 4.69) is 5.32 Å². The number of carbonyl (C=O) groups is 2. The van der Waals surface area contributed by atoms with Gasteiger partial charge in [0.15, 0.2) is 0 Å². The van der Waals surface area contributed by atoms with Gasteiger partial charge in [0.1, 0.15) is 17.7 Å². The minimum atomic E-state index is -0.494. The lowest BCUT2D eigenvalue weighted by atomic mass is 9.93. The van der Waals surface area contributed by atoms with Gasteiger partial charge in [0.2, 0.25) is 5.91 Å². The van der Waals surface area contributed by atoms with Crippen LogP contribution in [0.2, 0.25) is 0 Å². The van der Waals surface area contributed by atoms with Gasteiger partial charge in [-0.3, -0.25) is 9.69 Å². The lowest BCUT2D eigenvalue weighted by molar-refractivity contribution is -0.118. The van der Waals surface area contributed by atoms with E-state index in [1.165, 1.54) is 17.0 Å². The lowest BCUT2D eigenvalue weighted by Crippen LogP contribution is -2.34. The van der Waals surface area contributed by atoms with Gasteiger partial charge < -0.3 is 15.0 Å². The molecule has 5 rings (SSSR count). The van der Waals surface area contributed by atoms with Crippen LogP contribution < -0.4 is 15.1 Å². The van der Waals surface area contributed by atoms with Crippen LogP contribution >= 0.6 is 0 Å². The second-order valence-corrected chi connectivity index (χ2v) is 8.71. The second kappa shape index (κ2) is 8.16. The third-order valence-corrected chi connectivity index (χ3v) is 6.62. The number of halogens is 2. The predicted octanol–water partition coefficient (Wildman–Crippen LogP) is 3.65. The molecular weight excluding hydrogens is 416 g/mol. The maximum Gasteiger partial charge on any atom is 0.414 e. The van der Waals surface area contributed by atoms with Crippen molar-refractivity contribution in [3.63, 3.8) is 0 Å². The lowest BCUT2D eigenvalue weighted by Gasteiger charge is -2.25. The van der Waals surface area contributed by atoms with Crippen LogP contribution in [0.1, 0.15) is 35.4 Å². The molecule has 3 aliphatic heterocycles. The standard InChI is InChI=1S/C24H25F2N3O3/c1-14-2-5-17(10-20(14)26)28-13-18(32-24(28)31)11-27-9-8-16-12-29-21(30)7-4-15-3-6-19(25)22(16)23(15)29/h2-3,5-6,10,16,18,27H,4,7-9,11-13H2,1H3/t16-,18+/m0/s1. The van der Waals surface area contributed by atoms with Gasteiger partial charge >= 0.3 is 6.09 Å². The Balaban J connectivity index is 1.17. The second-order valence-electron chi connectivity index (χ2n) is 8.71. The van der Waals surface area contributed by atoms with Gasteiger partial charge in [0.05, 0.1) is 17.9 Å². The number of ether oxygens (including phenoxy) is 1. The summed E-state index contributed by atoms with van der Waals surface area (Å²) in [5, 5.41) is 3.29. The molecule has 8 heteroatoms. The van der Waals surface area contributed by atoms with Gasteiger partial charge in [0.25, 0.3) is 0 Å². The van der Waals surface area contributed by atoms with Gasteiger partial charge in [-0.15, -0.1) is 0 Å². The molecule has 0 aromatic heterocycles. The number of nitrogens with one attached hydrogen (secondary N) is 1. The highest BCUT2D eigenvalue weighted by Gasteiger charge is 2.38. The minimum absolute atomic E-state index is 0.0577. The first-order chi connectivity index (χ1) is 15.4. The van der Waals surface area contributed by atoms with Crippen molar-refractivity contribution < 1.29 is 23.1 Å². The van der Waals surface area contributed by atoms with Crippen molar-refractivity contribution in [2.45, 2.75) is 38.2 Å². The van der Waals surface area contributed by atoms with E-state index in [0.29, 0.717) is 62.3 Å². The molecule has 0 saturated carbocycles. The zero-order chi connectivity index (χ0) is 22.4. The Bertz CT molecular complexity index is 1090. The molecule has 2 aromatic rings. The summed E-state index contributed by atoms with van der Waals surface area (Å²) < 4.78 is 33.8. The molecule has 2 atom stereocenters. The summed E-state index contributed by atoms with van der Waals surface area (Å²) in [6.07, 6.45) is 0.956. The fourth-order valence-corrected chi connectivity index (χ4v) is 4.91. The maximum atomic E-state index is 14.6. The van der Waals surface area contributed by atoms with Crippen LogP contribution in [0.4, 0.5) is 25.0 Å². The average molecular weight is 441 g/mol. The average Bonchev–Trinajstić information content (AvgIpc) is 3.34. The van der Waals surface area contributed by atoms with E-state index in [4.69, 9.17) is 4.74 Å². The number of hydrogen-bond donors (Lipinski definition) is 1. The monoisotopic (exact) mass is 441 g/mol. The molecule has 168 valence electrons. The number of hydrogen-bond acceptors (Lipinski definition) is 4. The summed E-state index contributed by atoms with van der Waals surface area (Å²) in [6.45, 7) is 3.56. The Kier molecular flexibility index (Phi) is 5.33. The van der Waals surface area contributed by atoms with Gasteiger partial charge in [-0.2, -0.15) is 0 Å². The SMILES string of the molecule is Cc1ccc(N2C[C@@H](CNCC[C@H]3CN4C(=O)CCc5ccc(F)c3c54)OC2=O)cc1F. The molecular formula is C24H25F2N3O3. The van der Waals surface area contributed by atoms with Crippen LogP contribution in [0, 0.1) is 18.6 Å². The molecule has 1 saturated heterocycles. The fourth-order valence-electron chi connectivity index (χ4n) is 4.91. The Morgan fingerprint density at radius 2 is 1.91 bits per heavy atom. The maximum absolute atomic E-state index is 14.6. The third-order valence-electron chi connectivity index (χ3n) is 6.62. The number of anilines is 2. The minimum Gasteiger partial charge on any atom is -0.443 e. The smallest absolute Gasteiger partial charge is 0.414 e. The summed E-state index contributed by atoms with van der Waals surface area (Å²) in [5.41, 5.74) is 3.47. The molecule has 2 aromatic carbocycles. The normalized spacial score (nSPS) is 21.8. The summed E-state index contributed by atoms with van der Waals surface area (Å²) in [7, 11) is 0. The number of carbonyl (C=O) groups excluding carboxylic acids is 2. The number of benzene rings is 2. The van der Waals surface area contributed by atoms with Crippen LogP contribution in [-0.4, -0.2) is 44.3 Å². The summed E-state index contributed by atoms with van der Waals surface area (Å²) in [4.78, 5) is 27.7. The third kappa shape index (κ3) is 3.62. The molecule has 1 N–H and O–H groups in total. The topological polar surface area (TPSA) is 61.9 Å². The molecule has 3 heterocycles. The largest absolute Gasteiger partial charge is 0.443 e. The molecule has 0 bridgehead atoms. The van der Waals surface area contributed by atoms with E-state index in [9.17, 15) is 18.4 Å². The van der Waals surface area contributed by atoms with Crippen molar-refractivity contribution in [1.82, 2.24) is 5.32 Å². The van der Waals surface area contributed by atoms with Crippen molar-refractivity contribution in [3.05, 3.63) is 58.7 Å². The number of rotatable bonds is 6. The Morgan fingerprint density at radius 3 is 2.72 bits per heavy atom. The Labute approximate surface area is 185 Å². The molecule has 6 nitrogen and oxygen atoms in total. The Morgan fingerprint density at radius 1 is 1.06 bits per heavy atom. The number of cyclic esters (lactones) is 1. The summed E-state index contributed by atoms with van der Waals surface area (Å²) in [5.74, 6) is -0.611. The first-order valence-corrected chi connectivity index (χ1v) is 11.0. The molecule has 3 aliphatic rings. The first kappa shape index (κ1) is 20.9. The molecule has 32 heavy (non-hydrogen) atoms. The van der Waals surface area contributed by atoms with E-state index in [1.807, 2.05) is 0 Å².